The Morgan fingerprint density at radius 1 is 1.18 bits per heavy atom. The maximum atomic E-state index is 5.61. The van der Waals surface area contributed by atoms with Gasteiger partial charge in [0.05, 0.1) is 0 Å². The Balaban J connectivity index is 2.09. The monoisotopic (exact) mass is 235 g/mol. The first-order valence-corrected chi connectivity index (χ1v) is 6.38. The van der Waals surface area contributed by atoms with E-state index in [-0.39, 0.29) is 0 Å². The number of benzene rings is 1. The van der Waals surface area contributed by atoms with Crippen molar-refractivity contribution in [1.82, 2.24) is 5.32 Å². The summed E-state index contributed by atoms with van der Waals surface area (Å²) in [6.45, 7) is 11.8. The molecule has 0 aliphatic carbocycles. The van der Waals surface area contributed by atoms with E-state index in [1.807, 2.05) is 30.3 Å². The highest BCUT2D eigenvalue weighted by molar-refractivity contribution is 5.20. The Morgan fingerprint density at radius 3 is 2.41 bits per heavy atom. The lowest BCUT2D eigenvalue weighted by molar-refractivity contribution is 0.243. The molecule has 17 heavy (non-hydrogen) atoms. The zero-order chi connectivity index (χ0) is 12.7. The average Bonchev–Trinajstić information content (AvgIpc) is 2.28. The third-order valence-corrected chi connectivity index (χ3v) is 3.22. The van der Waals surface area contributed by atoms with E-state index in [1.54, 1.807) is 0 Å². The number of rotatable bonds is 6. The standard InChI is InChI=1S/C15H25NO/c1-13(15(2,3)4)12-16-10-11-17-14-8-6-5-7-9-14/h5-9,13,16H,10-12H2,1-4H3. The molecule has 0 radical (unpaired) electrons. The molecule has 0 heterocycles. The highest BCUT2D eigenvalue weighted by atomic mass is 16.5. The molecule has 0 spiro atoms. The Morgan fingerprint density at radius 2 is 1.82 bits per heavy atom. The summed E-state index contributed by atoms with van der Waals surface area (Å²) in [6, 6.07) is 9.94. The number of ether oxygens (including phenoxy) is 1. The molecule has 1 atom stereocenters. The van der Waals surface area contributed by atoms with Crippen LogP contribution in [0.1, 0.15) is 27.7 Å². The minimum Gasteiger partial charge on any atom is -0.492 e. The van der Waals surface area contributed by atoms with Gasteiger partial charge in [-0.1, -0.05) is 45.9 Å². The summed E-state index contributed by atoms with van der Waals surface area (Å²) in [5.74, 6) is 1.61. The van der Waals surface area contributed by atoms with Gasteiger partial charge in [-0.15, -0.1) is 0 Å². The summed E-state index contributed by atoms with van der Waals surface area (Å²) in [5.41, 5.74) is 0.368. The van der Waals surface area contributed by atoms with Crippen molar-refractivity contribution in [2.24, 2.45) is 11.3 Å². The lowest BCUT2D eigenvalue weighted by Gasteiger charge is -2.27. The molecule has 2 nitrogen and oxygen atoms in total. The van der Waals surface area contributed by atoms with E-state index in [2.05, 4.69) is 33.0 Å². The van der Waals surface area contributed by atoms with Gasteiger partial charge in [-0.3, -0.25) is 0 Å². The third-order valence-electron chi connectivity index (χ3n) is 3.22. The molecule has 1 rings (SSSR count). The summed E-state index contributed by atoms with van der Waals surface area (Å²) in [5, 5.41) is 3.44. The first kappa shape index (κ1) is 14.0. The van der Waals surface area contributed by atoms with Gasteiger partial charge in [-0.2, -0.15) is 0 Å². The Hall–Kier alpha value is -1.02. The van der Waals surface area contributed by atoms with Crippen molar-refractivity contribution < 1.29 is 4.74 Å². The van der Waals surface area contributed by atoms with E-state index >= 15 is 0 Å². The normalized spacial score (nSPS) is 13.4. The van der Waals surface area contributed by atoms with Crippen LogP contribution in [0.3, 0.4) is 0 Å². The van der Waals surface area contributed by atoms with Crippen LogP contribution < -0.4 is 10.1 Å². The van der Waals surface area contributed by atoms with Gasteiger partial charge < -0.3 is 10.1 Å². The minimum atomic E-state index is 0.368. The third kappa shape index (κ3) is 5.73. The second-order valence-corrected chi connectivity index (χ2v) is 5.63. The van der Waals surface area contributed by atoms with Crippen molar-refractivity contribution in [1.29, 1.82) is 0 Å². The lowest BCUT2D eigenvalue weighted by atomic mass is 9.82. The zero-order valence-electron chi connectivity index (χ0n) is 11.5. The van der Waals surface area contributed by atoms with Crippen molar-refractivity contribution in [2.45, 2.75) is 27.7 Å². The molecule has 0 fully saturated rings. The average molecular weight is 235 g/mol. The van der Waals surface area contributed by atoms with Crippen LogP contribution in [0, 0.1) is 11.3 Å². The Bertz CT molecular complexity index is 302. The van der Waals surface area contributed by atoms with Gasteiger partial charge in [-0.25, -0.2) is 0 Å². The van der Waals surface area contributed by atoms with Gasteiger partial charge in [0.25, 0.3) is 0 Å². The first-order chi connectivity index (χ1) is 8.00. The number of para-hydroxylation sites is 1. The predicted octanol–water partition coefficient (Wildman–Crippen LogP) is 3.34. The smallest absolute Gasteiger partial charge is 0.119 e. The zero-order valence-corrected chi connectivity index (χ0v) is 11.5. The Labute approximate surface area is 105 Å². The first-order valence-electron chi connectivity index (χ1n) is 6.38. The maximum Gasteiger partial charge on any atom is 0.119 e. The van der Waals surface area contributed by atoms with Crippen molar-refractivity contribution in [3.05, 3.63) is 30.3 Å². The highest BCUT2D eigenvalue weighted by Gasteiger charge is 2.18. The minimum absolute atomic E-state index is 0.368. The molecule has 1 aromatic carbocycles. The fourth-order valence-electron chi connectivity index (χ4n) is 1.38. The van der Waals surface area contributed by atoms with E-state index in [4.69, 9.17) is 4.74 Å². The second kappa shape index (κ2) is 6.65. The second-order valence-electron chi connectivity index (χ2n) is 5.63. The molecule has 0 aromatic heterocycles. The molecular weight excluding hydrogens is 210 g/mol. The number of hydrogen-bond donors (Lipinski definition) is 1. The quantitative estimate of drug-likeness (QED) is 0.764. The van der Waals surface area contributed by atoms with Gasteiger partial charge in [-0.05, 0) is 30.0 Å². The van der Waals surface area contributed by atoms with Crippen LogP contribution in [0.5, 0.6) is 5.75 Å². The molecule has 0 saturated carbocycles. The van der Waals surface area contributed by atoms with Crippen LogP contribution in [0.15, 0.2) is 30.3 Å². The van der Waals surface area contributed by atoms with Gasteiger partial charge in [0.2, 0.25) is 0 Å². The van der Waals surface area contributed by atoms with Crippen LogP contribution in [0.25, 0.3) is 0 Å². The molecule has 0 amide bonds. The molecular formula is C15H25NO. The van der Waals surface area contributed by atoms with Crippen LogP contribution in [-0.2, 0) is 0 Å². The van der Waals surface area contributed by atoms with Crippen molar-refractivity contribution >= 4 is 0 Å². The van der Waals surface area contributed by atoms with Crippen LogP contribution in [-0.4, -0.2) is 19.7 Å². The number of hydrogen-bond acceptors (Lipinski definition) is 2. The highest BCUT2D eigenvalue weighted by Crippen LogP contribution is 2.24. The molecule has 1 N–H and O–H groups in total. The SMILES string of the molecule is CC(CNCCOc1ccccc1)C(C)(C)C. The predicted molar refractivity (Wildman–Crippen MR) is 73.4 cm³/mol. The van der Waals surface area contributed by atoms with Crippen LogP contribution in [0.4, 0.5) is 0 Å². The van der Waals surface area contributed by atoms with E-state index in [0.29, 0.717) is 11.3 Å². The van der Waals surface area contributed by atoms with Gasteiger partial charge in [0.15, 0.2) is 0 Å². The molecule has 2 heteroatoms. The molecule has 0 aliphatic heterocycles. The Kier molecular flexibility index (Phi) is 5.49. The molecule has 1 aromatic rings. The summed E-state index contributed by atoms with van der Waals surface area (Å²) in [4.78, 5) is 0. The van der Waals surface area contributed by atoms with E-state index in [0.717, 1.165) is 25.4 Å². The van der Waals surface area contributed by atoms with Crippen LogP contribution in [0.2, 0.25) is 0 Å². The summed E-state index contributed by atoms with van der Waals surface area (Å²) >= 11 is 0. The topological polar surface area (TPSA) is 21.3 Å². The van der Waals surface area contributed by atoms with Crippen molar-refractivity contribution in [3.8, 4) is 5.75 Å². The molecule has 0 bridgehead atoms. The van der Waals surface area contributed by atoms with E-state index in [9.17, 15) is 0 Å². The van der Waals surface area contributed by atoms with Gasteiger partial charge in [0, 0.05) is 6.54 Å². The van der Waals surface area contributed by atoms with Crippen LogP contribution >= 0.6 is 0 Å². The van der Waals surface area contributed by atoms with E-state index < -0.39 is 0 Å². The maximum absolute atomic E-state index is 5.61. The number of nitrogens with one attached hydrogen (secondary N) is 1. The van der Waals surface area contributed by atoms with Crippen molar-refractivity contribution in [3.63, 3.8) is 0 Å². The molecule has 96 valence electrons. The molecule has 0 aliphatic rings. The largest absolute Gasteiger partial charge is 0.492 e. The van der Waals surface area contributed by atoms with Crippen molar-refractivity contribution in [2.75, 3.05) is 19.7 Å². The fourth-order valence-corrected chi connectivity index (χ4v) is 1.38. The lowest BCUT2D eigenvalue weighted by Crippen LogP contribution is -2.32. The van der Waals surface area contributed by atoms with Gasteiger partial charge in [0.1, 0.15) is 12.4 Å². The summed E-state index contributed by atoms with van der Waals surface area (Å²) < 4.78 is 5.61. The molecule has 1 unspecified atom stereocenters. The fraction of sp³-hybridized carbons (Fsp3) is 0.600. The summed E-state index contributed by atoms with van der Waals surface area (Å²) in [6.07, 6.45) is 0. The molecule has 0 saturated heterocycles. The summed E-state index contributed by atoms with van der Waals surface area (Å²) in [7, 11) is 0. The van der Waals surface area contributed by atoms with E-state index in [1.165, 1.54) is 0 Å². The van der Waals surface area contributed by atoms with Gasteiger partial charge >= 0.3 is 0 Å².